The van der Waals surface area contributed by atoms with Crippen LogP contribution < -0.4 is 15.4 Å². The first-order valence-corrected chi connectivity index (χ1v) is 7.98. The Morgan fingerprint density at radius 2 is 2.00 bits per heavy atom. The van der Waals surface area contributed by atoms with Crippen molar-refractivity contribution in [1.29, 1.82) is 5.26 Å². The molecular weight excluding hydrogens is 394 g/mol. The molecule has 0 unspecified atom stereocenters. The van der Waals surface area contributed by atoms with Gasteiger partial charge >= 0.3 is 0 Å². The highest BCUT2D eigenvalue weighted by Gasteiger charge is 2.12. The number of carbonyl (C=O) groups excluding carboxylic acids is 1. The van der Waals surface area contributed by atoms with Gasteiger partial charge in [-0.25, -0.2) is 0 Å². The van der Waals surface area contributed by atoms with Gasteiger partial charge in [-0.3, -0.25) is 4.79 Å². The van der Waals surface area contributed by atoms with E-state index in [1.54, 1.807) is 18.2 Å². The highest BCUT2D eigenvalue weighted by Crippen LogP contribution is 2.28. The van der Waals surface area contributed by atoms with Gasteiger partial charge in [0.2, 0.25) is 0 Å². The lowest BCUT2D eigenvalue weighted by molar-refractivity contribution is -0.112. The monoisotopic (exact) mass is 405 g/mol. The summed E-state index contributed by atoms with van der Waals surface area (Å²) in [4.78, 5) is 12.3. The molecule has 0 aromatic heterocycles. The molecule has 0 spiro atoms. The average Bonchev–Trinajstić information content (AvgIpc) is 2.57. The second-order valence-electron chi connectivity index (χ2n) is 4.62. The fraction of sp³-hybridized carbons (Fsp3) is 0.0588. The first kappa shape index (κ1) is 17.9. The van der Waals surface area contributed by atoms with Gasteiger partial charge in [-0.1, -0.05) is 27.5 Å². The number of nitrogens with zero attached hydrogens (tertiary/aromatic N) is 1. The number of methoxy groups -OCH3 is 1. The molecular formula is C17H13BrClN3O2. The number of carbonyl (C=O) groups is 1. The van der Waals surface area contributed by atoms with Crippen LogP contribution in [0.4, 0.5) is 11.4 Å². The van der Waals surface area contributed by atoms with Crippen LogP contribution in [0.5, 0.6) is 5.75 Å². The third-order valence-corrected chi connectivity index (χ3v) is 3.77. The lowest BCUT2D eigenvalue weighted by Gasteiger charge is -2.10. The summed E-state index contributed by atoms with van der Waals surface area (Å²) in [7, 11) is 1.48. The number of hydrogen-bond acceptors (Lipinski definition) is 4. The van der Waals surface area contributed by atoms with E-state index in [1.807, 2.05) is 30.3 Å². The molecule has 0 heterocycles. The predicted octanol–water partition coefficient (Wildman–Crippen LogP) is 4.57. The van der Waals surface area contributed by atoms with Crippen molar-refractivity contribution in [3.63, 3.8) is 0 Å². The van der Waals surface area contributed by atoms with Gasteiger partial charge in [0, 0.05) is 21.4 Å². The summed E-state index contributed by atoms with van der Waals surface area (Å²) in [5.74, 6) is -0.117. The summed E-state index contributed by atoms with van der Waals surface area (Å²) >= 11 is 9.26. The maximum absolute atomic E-state index is 12.3. The number of hydrogen-bond donors (Lipinski definition) is 2. The third-order valence-electron chi connectivity index (χ3n) is 3.00. The molecule has 0 saturated heterocycles. The van der Waals surface area contributed by atoms with Gasteiger partial charge in [0.15, 0.2) is 0 Å². The SMILES string of the molecule is COc1ccc(Cl)cc1NC(=O)/C(C#N)=C\Nc1ccc(Br)cc1. The molecule has 2 aromatic carbocycles. The predicted molar refractivity (Wildman–Crippen MR) is 98.1 cm³/mol. The number of nitriles is 1. The largest absolute Gasteiger partial charge is 0.495 e. The number of rotatable bonds is 5. The molecule has 0 radical (unpaired) electrons. The summed E-state index contributed by atoms with van der Waals surface area (Å²) in [6.45, 7) is 0. The van der Waals surface area contributed by atoms with E-state index in [9.17, 15) is 10.1 Å². The molecule has 1 amide bonds. The molecule has 2 rings (SSSR count). The van der Waals surface area contributed by atoms with Crippen LogP contribution in [0, 0.1) is 11.3 Å². The minimum absolute atomic E-state index is 0.0834. The molecule has 0 saturated carbocycles. The molecule has 24 heavy (non-hydrogen) atoms. The summed E-state index contributed by atoms with van der Waals surface area (Å²) in [5.41, 5.74) is 1.05. The number of amides is 1. The van der Waals surface area contributed by atoms with Gasteiger partial charge in [0.1, 0.15) is 17.4 Å². The van der Waals surface area contributed by atoms with Crippen molar-refractivity contribution in [3.8, 4) is 11.8 Å². The Morgan fingerprint density at radius 1 is 1.29 bits per heavy atom. The van der Waals surface area contributed by atoms with Crippen molar-refractivity contribution < 1.29 is 9.53 Å². The van der Waals surface area contributed by atoms with E-state index < -0.39 is 5.91 Å². The van der Waals surface area contributed by atoms with E-state index in [2.05, 4.69) is 26.6 Å². The molecule has 0 fully saturated rings. The normalized spacial score (nSPS) is 10.7. The molecule has 0 aliphatic rings. The quantitative estimate of drug-likeness (QED) is 0.563. The minimum Gasteiger partial charge on any atom is -0.495 e. The van der Waals surface area contributed by atoms with Crippen molar-refractivity contribution in [2.24, 2.45) is 0 Å². The van der Waals surface area contributed by atoms with Gasteiger partial charge in [0.25, 0.3) is 5.91 Å². The third kappa shape index (κ3) is 4.75. The molecule has 5 nitrogen and oxygen atoms in total. The van der Waals surface area contributed by atoms with Gasteiger partial charge in [-0.05, 0) is 42.5 Å². The van der Waals surface area contributed by atoms with Crippen LogP contribution in [0.2, 0.25) is 5.02 Å². The van der Waals surface area contributed by atoms with Crippen LogP contribution in [0.25, 0.3) is 0 Å². The van der Waals surface area contributed by atoms with Gasteiger partial charge < -0.3 is 15.4 Å². The second-order valence-corrected chi connectivity index (χ2v) is 5.97. The van der Waals surface area contributed by atoms with E-state index in [1.165, 1.54) is 13.3 Å². The molecule has 0 aliphatic heterocycles. The fourth-order valence-electron chi connectivity index (χ4n) is 1.82. The van der Waals surface area contributed by atoms with Crippen LogP contribution in [0.1, 0.15) is 0 Å². The maximum Gasteiger partial charge on any atom is 0.267 e. The summed E-state index contributed by atoms with van der Waals surface area (Å²) < 4.78 is 6.09. The highest BCUT2D eigenvalue weighted by atomic mass is 79.9. The highest BCUT2D eigenvalue weighted by molar-refractivity contribution is 9.10. The first-order valence-electron chi connectivity index (χ1n) is 6.80. The van der Waals surface area contributed by atoms with E-state index in [0.29, 0.717) is 16.5 Å². The molecule has 0 aliphatic carbocycles. The number of anilines is 2. The summed E-state index contributed by atoms with van der Waals surface area (Å²) in [6, 6.07) is 14.0. The van der Waals surface area contributed by atoms with Crippen molar-refractivity contribution in [1.82, 2.24) is 0 Å². The van der Waals surface area contributed by atoms with Crippen molar-refractivity contribution >= 4 is 44.8 Å². The zero-order chi connectivity index (χ0) is 17.5. The Bertz CT molecular complexity index is 814. The van der Waals surface area contributed by atoms with Crippen molar-refractivity contribution in [2.75, 3.05) is 17.7 Å². The zero-order valence-corrected chi connectivity index (χ0v) is 15.0. The van der Waals surface area contributed by atoms with Crippen molar-refractivity contribution in [3.05, 3.63) is 63.7 Å². The van der Waals surface area contributed by atoms with E-state index >= 15 is 0 Å². The minimum atomic E-state index is -0.567. The van der Waals surface area contributed by atoms with Crippen molar-refractivity contribution in [2.45, 2.75) is 0 Å². The average molecular weight is 407 g/mol. The lowest BCUT2D eigenvalue weighted by Crippen LogP contribution is -2.15. The molecule has 2 aromatic rings. The molecule has 122 valence electrons. The maximum atomic E-state index is 12.3. The smallest absolute Gasteiger partial charge is 0.267 e. The van der Waals surface area contributed by atoms with Crippen LogP contribution in [-0.4, -0.2) is 13.0 Å². The van der Waals surface area contributed by atoms with E-state index in [4.69, 9.17) is 16.3 Å². The first-order chi connectivity index (χ1) is 11.5. The van der Waals surface area contributed by atoms with Gasteiger partial charge in [-0.15, -0.1) is 0 Å². The lowest BCUT2D eigenvalue weighted by atomic mass is 10.2. The van der Waals surface area contributed by atoms with E-state index in [0.717, 1.165) is 10.2 Å². The molecule has 7 heteroatoms. The standard InChI is InChI=1S/C17H13BrClN3O2/c1-24-16-7-4-13(19)8-15(16)22-17(23)11(9-20)10-21-14-5-2-12(18)3-6-14/h2-8,10,21H,1H3,(H,22,23)/b11-10-. The van der Waals surface area contributed by atoms with E-state index in [-0.39, 0.29) is 5.57 Å². The number of halogens is 2. The fourth-order valence-corrected chi connectivity index (χ4v) is 2.25. The number of nitrogens with one attached hydrogen (secondary N) is 2. The summed E-state index contributed by atoms with van der Waals surface area (Å²) in [6.07, 6.45) is 1.34. The van der Waals surface area contributed by atoms with Crippen LogP contribution in [0.3, 0.4) is 0 Å². The molecule has 0 bridgehead atoms. The topological polar surface area (TPSA) is 74.1 Å². The number of benzene rings is 2. The Balaban J connectivity index is 2.14. The van der Waals surface area contributed by atoms with Crippen LogP contribution in [0.15, 0.2) is 58.7 Å². The Hall–Kier alpha value is -2.49. The zero-order valence-electron chi connectivity index (χ0n) is 12.6. The van der Waals surface area contributed by atoms with Crippen LogP contribution >= 0.6 is 27.5 Å². The van der Waals surface area contributed by atoms with Crippen LogP contribution in [-0.2, 0) is 4.79 Å². The van der Waals surface area contributed by atoms with Gasteiger partial charge in [0.05, 0.1) is 12.8 Å². The summed E-state index contributed by atoms with van der Waals surface area (Å²) in [5, 5.41) is 15.2. The van der Waals surface area contributed by atoms with Gasteiger partial charge in [-0.2, -0.15) is 5.26 Å². The Morgan fingerprint density at radius 3 is 2.62 bits per heavy atom. The molecule has 0 atom stereocenters. The second kappa shape index (κ2) is 8.39. The Kier molecular flexibility index (Phi) is 6.24. The Labute approximate surface area is 153 Å². The number of ether oxygens (including phenoxy) is 1. The molecule has 2 N–H and O–H groups in total.